The number of hydrogen-bond donors (Lipinski definition) is 7. The maximum atomic E-state index is 12.9. The number of carbonyl (C=O) groups excluding carboxylic acids is 3. The smallest absolute Gasteiger partial charge is 0.346 e. The molecule has 4 amide bonds. The summed E-state index contributed by atoms with van der Waals surface area (Å²) in [7, 11) is 0. The predicted octanol–water partition coefficient (Wildman–Crippen LogP) is 2.06. The number of unbranched alkanes of at least 4 members (excludes halogenated alkanes) is 1. The van der Waals surface area contributed by atoms with E-state index >= 15 is 0 Å². The van der Waals surface area contributed by atoms with Crippen LogP contribution in [-0.2, 0) is 14.4 Å². The number of halogens is 1. The molecule has 0 bridgehead atoms. The summed E-state index contributed by atoms with van der Waals surface area (Å²) < 4.78 is 12.9. The molecule has 1 aromatic heterocycles. The van der Waals surface area contributed by atoms with E-state index in [0.29, 0.717) is 18.3 Å². The number of aliphatic carboxylic acids is 3. The Morgan fingerprint density at radius 2 is 1.57 bits per heavy atom. The second-order valence-electron chi connectivity index (χ2n) is 8.69. The Kier molecular flexibility index (Phi) is 12.5. The molecule has 2 aromatic rings. The zero-order chi connectivity index (χ0) is 31.2. The Labute approximate surface area is 237 Å². The quantitative estimate of drug-likeness (QED) is 0.0522. The standard InChI is InChI=1S/C26H28FN5O10/c27-20-10-6-16(13-29-20)23(36)30-18-7-4-15(5-8-18)22(35)28-12-2-1-3-17(24(37)38)14-32(42)26(41)31-19(25(39)40)9-11-21(33)34/h4-8,10,13-14,19,42H,1-3,9,11-12H2,(H,28,35)(H,30,36)(H,31,41)(H,33,34)(H,37,38)(H,39,40). The zero-order valence-electron chi connectivity index (χ0n) is 21.9. The molecule has 0 aliphatic heterocycles. The number of pyridine rings is 1. The molecule has 42 heavy (non-hydrogen) atoms. The summed E-state index contributed by atoms with van der Waals surface area (Å²) in [6, 6.07) is 5.26. The minimum absolute atomic E-state index is 0.116. The molecule has 0 fully saturated rings. The number of rotatable bonds is 15. The van der Waals surface area contributed by atoms with Gasteiger partial charge in [-0.1, -0.05) is 0 Å². The lowest BCUT2D eigenvalue weighted by Gasteiger charge is -2.17. The monoisotopic (exact) mass is 589 g/mol. The normalized spacial score (nSPS) is 11.6. The van der Waals surface area contributed by atoms with E-state index in [1.54, 1.807) is 0 Å². The molecule has 0 aliphatic carbocycles. The average Bonchev–Trinajstić information content (AvgIpc) is 2.94. The van der Waals surface area contributed by atoms with E-state index < -0.39 is 60.6 Å². The van der Waals surface area contributed by atoms with Gasteiger partial charge in [-0.05, 0) is 62.1 Å². The van der Waals surface area contributed by atoms with Crippen LogP contribution in [0.4, 0.5) is 14.9 Å². The maximum Gasteiger partial charge on any atom is 0.346 e. The number of hydroxylamine groups is 2. The Balaban J connectivity index is 1.81. The average molecular weight is 590 g/mol. The third-order valence-corrected chi connectivity index (χ3v) is 5.56. The first-order valence-electron chi connectivity index (χ1n) is 12.4. The van der Waals surface area contributed by atoms with Crippen LogP contribution < -0.4 is 16.0 Å². The van der Waals surface area contributed by atoms with E-state index in [4.69, 9.17) is 10.2 Å². The summed E-state index contributed by atoms with van der Waals surface area (Å²) in [5.74, 6) is -5.94. The van der Waals surface area contributed by atoms with Crippen molar-refractivity contribution in [1.29, 1.82) is 0 Å². The first-order valence-corrected chi connectivity index (χ1v) is 12.4. The van der Waals surface area contributed by atoms with Crippen LogP contribution in [0.25, 0.3) is 0 Å². The fourth-order valence-corrected chi connectivity index (χ4v) is 3.34. The van der Waals surface area contributed by atoms with E-state index in [1.807, 2.05) is 5.32 Å². The van der Waals surface area contributed by atoms with Crippen molar-refractivity contribution < 1.29 is 53.7 Å². The first-order chi connectivity index (χ1) is 19.9. The number of nitrogens with zero attached hydrogens (tertiary/aromatic N) is 2. The fraction of sp³-hybridized carbons (Fsp3) is 0.269. The van der Waals surface area contributed by atoms with Crippen molar-refractivity contribution >= 4 is 41.4 Å². The van der Waals surface area contributed by atoms with E-state index in [-0.39, 0.29) is 41.1 Å². The van der Waals surface area contributed by atoms with Crippen molar-refractivity contribution in [3.8, 4) is 0 Å². The third kappa shape index (κ3) is 11.0. The fourth-order valence-electron chi connectivity index (χ4n) is 3.34. The van der Waals surface area contributed by atoms with Gasteiger partial charge in [-0.2, -0.15) is 9.45 Å². The molecule has 0 radical (unpaired) electrons. The molecule has 1 heterocycles. The maximum absolute atomic E-state index is 12.9. The minimum Gasteiger partial charge on any atom is -0.481 e. The zero-order valence-corrected chi connectivity index (χ0v) is 21.9. The van der Waals surface area contributed by atoms with Crippen molar-refractivity contribution in [1.82, 2.24) is 20.7 Å². The van der Waals surface area contributed by atoms with Gasteiger partial charge in [0.2, 0.25) is 5.95 Å². The van der Waals surface area contributed by atoms with Crippen LogP contribution in [0.3, 0.4) is 0 Å². The van der Waals surface area contributed by atoms with Crippen LogP contribution >= 0.6 is 0 Å². The van der Waals surface area contributed by atoms with E-state index in [2.05, 4.69) is 15.6 Å². The van der Waals surface area contributed by atoms with Gasteiger partial charge in [0.05, 0.1) is 11.1 Å². The largest absolute Gasteiger partial charge is 0.481 e. The molecular weight excluding hydrogens is 561 g/mol. The Morgan fingerprint density at radius 1 is 0.905 bits per heavy atom. The second-order valence-corrected chi connectivity index (χ2v) is 8.69. The summed E-state index contributed by atoms with van der Waals surface area (Å²) in [6.45, 7) is 0.162. The molecule has 0 aliphatic rings. The van der Waals surface area contributed by atoms with Crippen molar-refractivity contribution in [3.05, 3.63) is 71.4 Å². The summed E-state index contributed by atoms with van der Waals surface area (Å²) in [6.07, 6.45) is 1.10. The lowest BCUT2D eigenvalue weighted by atomic mass is 10.1. The van der Waals surface area contributed by atoms with Crippen molar-refractivity contribution in [2.75, 3.05) is 11.9 Å². The number of amides is 4. The lowest BCUT2D eigenvalue weighted by molar-refractivity contribution is -0.141. The number of aromatic nitrogens is 1. The van der Waals surface area contributed by atoms with Crippen LogP contribution in [0.15, 0.2) is 54.4 Å². The topological polar surface area (TPSA) is 236 Å². The Bertz CT molecular complexity index is 1330. The van der Waals surface area contributed by atoms with Gasteiger partial charge < -0.3 is 31.3 Å². The summed E-state index contributed by atoms with van der Waals surface area (Å²) in [5.41, 5.74) is 0.436. The molecule has 1 aromatic carbocycles. The number of nitrogens with one attached hydrogen (secondary N) is 3. The summed E-state index contributed by atoms with van der Waals surface area (Å²) >= 11 is 0. The van der Waals surface area contributed by atoms with Crippen molar-refractivity contribution in [2.45, 2.75) is 38.1 Å². The van der Waals surface area contributed by atoms with Gasteiger partial charge >= 0.3 is 23.9 Å². The van der Waals surface area contributed by atoms with E-state index in [1.165, 1.54) is 30.3 Å². The number of urea groups is 1. The number of anilines is 1. The molecule has 0 saturated carbocycles. The van der Waals surface area contributed by atoms with Crippen molar-refractivity contribution in [3.63, 3.8) is 0 Å². The second kappa shape index (κ2) is 16.0. The minimum atomic E-state index is -1.62. The molecular formula is C26H28FN5O10. The highest BCUT2D eigenvalue weighted by molar-refractivity contribution is 6.04. The van der Waals surface area contributed by atoms with Gasteiger partial charge in [0, 0.05) is 36.6 Å². The highest BCUT2D eigenvalue weighted by Gasteiger charge is 2.23. The van der Waals surface area contributed by atoms with E-state index in [0.717, 1.165) is 12.3 Å². The van der Waals surface area contributed by atoms with Gasteiger partial charge in [-0.3, -0.25) is 19.6 Å². The van der Waals surface area contributed by atoms with Gasteiger partial charge in [0.15, 0.2) is 0 Å². The molecule has 2 rings (SSSR count). The molecule has 0 spiro atoms. The summed E-state index contributed by atoms with van der Waals surface area (Å²) in [4.78, 5) is 73.3. The Hall–Kier alpha value is -5.38. The van der Waals surface area contributed by atoms with Crippen LogP contribution in [0, 0.1) is 5.95 Å². The van der Waals surface area contributed by atoms with Crippen LogP contribution in [0.1, 0.15) is 52.8 Å². The highest BCUT2D eigenvalue weighted by Crippen LogP contribution is 2.13. The SMILES string of the molecule is O=C(O)CCC(NC(=O)N(O)C=C(CCCCNC(=O)c1ccc(NC(=O)c2ccc(F)nc2)cc1)C(=O)O)C(=O)O. The van der Waals surface area contributed by atoms with Crippen LogP contribution in [-0.4, -0.2) is 78.9 Å². The number of carbonyl (C=O) groups is 6. The lowest BCUT2D eigenvalue weighted by Crippen LogP contribution is -2.45. The van der Waals surface area contributed by atoms with E-state index in [9.17, 15) is 43.5 Å². The van der Waals surface area contributed by atoms with Crippen molar-refractivity contribution in [2.24, 2.45) is 0 Å². The van der Waals surface area contributed by atoms with Gasteiger partial charge in [0.1, 0.15) is 6.04 Å². The highest BCUT2D eigenvalue weighted by atomic mass is 19.1. The number of carboxylic acid groups (broad SMARTS) is 3. The first kappa shape index (κ1) is 32.8. The number of benzene rings is 1. The van der Waals surface area contributed by atoms with Crippen LogP contribution in [0.2, 0.25) is 0 Å². The van der Waals surface area contributed by atoms with Gasteiger partial charge in [0.25, 0.3) is 11.8 Å². The molecule has 224 valence electrons. The molecule has 1 unspecified atom stereocenters. The molecule has 16 heteroatoms. The number of carboxylic acids is 3. The van der Waals surface area contributed by atoms with Crippen LogP contribution in [0.5, 0.6) is 0 Å². The molecule has 15 nitrogen and oxygen atoms in total. The third-order valence-electron chi connectivity index (χ3n) is 5.56. The molecule has 1 atom stereocenters. The molecule has 0 saturated heterocycles. The van der Waals surface area contributed by atoms with Gasteiger partial charge in [-0.25, -0.2) is 19.4 Å². The summed E-state index contributed by atoms with van der Waals surface area (Å²) in [5, 5.41) is 44.0. The van der Waals surface area contributed by atoms with Gasteiger partial charge in [-0.15, -0.1) is 0 Å². The number of hydrogen-bond acceptors (Lipinski definition) is 8. The molecule has 7 N–H and O–H groups in total. The predicted molar refractivity (Wildman–Crippen MR) is 141 cm³/mol. The Morgan fingerprint density at radius 3 is 2.14 bits per heavy atom.